The van der Waals surface area contributed by atoms with Gasteiger partial charge in [0.2, 0.25) is 5.91 Å². The van der Waals surface area contributed by atoms with Crippen molar-refractivity contribution in [2.75, 3.05) is 13.1 Å². The Bertz CT molecular complexity index is 633. The van der Waals surface area contributed by atoms with E-state index in [0.717, 1.165) is 25.1 Å². The minimum absolute atomic E-state index is 0.187. The van der Waals surface area contributed by atoms with Gasteiger partial charge in [-0.1, -0.05) is 12.8 Å². The van der Waals surface area contributed by atoms with Crippen LogP contribution in [0.1, 0.15) is 56.7 Å². The van der Waals surface area contributed by atoms with Crippen LogP contribution < -0.4 is 10.6 Å². The Labute approximate surface area is 148 Å². The standard InChI is InChI=1S/C18H27N5O2/c24-17-9-13(12-22(17)15-5-6-15)10-19-18(25)20-11-14-7-8-23(21-14)16-3-1-2-4-16/h7-8,13,15-16H,1-6,9-12H2,(H2,19,20,25)/t13-/m0/s1. The number of likely N-dealkylation sites (tertiary alicyclic amines) is 1. The number of amides is 3. The quantitative estimate of drug-likeness (QED) is 0.825. The van der Waals surface area contributed by atoms with Gasteiger partial charge >= 0.3 is 6.03 Å². The summed E-state index contributed by atoms with van der Waals surface area (Å²) in [7, 11) is 0. The molecule has 1 aromatic rings. The van der Waals surface area contributed by atoms with Crippen LogP contribution in [0.4, 0.5) is 4.79 Å². The van der Waals surface area contributed by atoms with Crippen molar-refractivity contribution < 1.29 is 9.59 Å². The topological polar surface area (TPSA) is 79.3 Å². The van der Waals surface area contributed by atoms with Gasteiger partial charge in [0, 0.05) is 37.7 Å². The third-order valence-corrected chi connectivity index (χ3v) is 5.57. The van der Waals surface area contributed by atoms with Crippen LogP contribution in [0.25, 0.3) is 0 Å². The molecule has 0 radical (unpaired) electrons. The van der Waals surface area contributed by atoms with Crippen molar-refractivity contribution in [2.45, 2.75) is 63.6 Å². The largest absolute Gasteiger partial charge is 0.339 e. The fourth-order valence-electron chi connectivity index (χ4n) is 4.00. The number of aromatic nitrogens is 2. The van der Waals surface area contributed by atoms with Crippen LogP contribution in [0, 0.1) is 5.92 Å². The minimum atomic E-state index is -0.187. The second-order valence-corrected chi connectivity index (χ2v) is 7.64. The van der Waals surface area contributed by atoms with Crippen LogP contribution in [-0.4, -0.2) is 45.8 Å². The van der Waals surface area contributed by atoms with Gasteiger partial charge in [0.1, 0.15) is 0 Å². The van der Waals surface area contributed by atoms with E-state index in [0.29, 0.717) is 31.6 Å². The molecule has 0 aromatic carbocycles. The lowest BCUT2D eigenvalue weighted by Crippen LogP contribution is -2.38. The maximum absolute atomic E-state index is 12.0. The summed E-state index contributed by atoms with van der Waals surface area (Å²) in [6.07, 6.45) is 9.81. The number of nitrogens with zero attached hydrogens (tertiary/aromatic N) is 3. The molecule has 0 spiro atoms. The zero-order valence-electron chi connectivity index (χ0n) is 14.6. The number of carbonyl (C=O) groups excluding carboxylic acids is 2. The van der Waals surface area contributed by atoms with Gasteiger partial charge in [0.25, 0.3) is 0 Å². The molecule has 3 fully saturated rings. The van der Waals surface area contributed by atoms with E-state index in [1.54, 1.807) is 0 Å². The van der Waals surface area contributed by atoms with Crippen molar-refractivity contribution in [1.82, 2.24) is 25.3 Å². The third-order valence-electron chi connectivity index (χ3n) is 5.57. The molecule has 0 unspecified atom stereocenters. The van der Waals surface area contributed by atoms with Gasteiger partial charge in [-0.2, -0.15) is 5.10 Å². The maximum atomic E-state index is 12.0. The number of urea groups is 1. The number of hydrogen-bond acceptors (Lipinski definition) is 3. The molecule has 1 aromatic heterocycles. The Balaban J connectivity index is 1.17. The van der Waals surface area contributed by atoms with Crippen LogP contribution in [0.3, 0.4) is 0 Å². The molecule has 1 saturated heterocycles. The first-order chi connectivity index (χ1) is 12.2. The van der Waals surface area contributed by atoms with E-state index < -0.39 is 0 Å². The first-order valence-corrected chi connectivity index (χ1v) is 9.54. The molecule has 3 amide bonds. The second kappa shape index (κ2) is 7.06. The second-order valence-electron chi connectivity index (χ2n) is 7.64. The molecule has 3 aliphatic rings. The number of hydrogen-bond donors (Lipinski definition) is 2. The van der Waals surface area contributed by atoms with Crippen LogP contribution in [0.15, 0.2) is 12.3 Å². The number of nitrogens with one attached hydrogen (secondary N) is 2. The molecular formula is C18H27N5O2. The zero-order chi connectivity index (χ0) is 17.2. The van der Waals surface area contributed by atoms with Crippen LogP contribution in [0.5, 0.6) is 0 Å². The van der Waals surface area contributed by atoms with Crippen molar-refractivity contribution in [3.05, 3.63) is 18.0 Å². The van der Waals surface area contributed by atoms with Crippen molar-refractivity contribution in [2.24, 2.45) is 5.92 Å². The Kier molecular flexibility index (Phi) is 4.63. The van der Waals surface area contributed by atoms with Gasteiger partial charge < -0.3 is 15.5 Å². The summed E-state index contributed by atoms with van der Waals surface area (Å²) in [6, 6.07) is 2.79. The lowest BCUT2D eigenvalue weighted by atomic mass is 10.1. The molecule has 1 atom stereocenters. The lowest BCUT2D eigenvalue weighted by molar-refractivity contribution is -0.128. The summed E-state index contributed by atoms with van der Waals surface area (Å²) in [5, 5.41) is 10.3. The predicted octanol–water partition coefficient (Wildman–Crippen LogP) is 1.81. The summed E-state index contributed by atoms with van der Waals surface area (Å²) in [4.78, 5) is 25.9. The van der Waals surface area contributed by atoms with E-state index in [4.69, 9.17) is 0 Å². The summed E-state index contributed by atoms with van der Waals surface area (Å²) >= 11 is 0. The molecule has 0 bridgehead atoms. The fraction of sp³-hybridized carbons (Fsp3) is 0.722. The highest BCUT2D eigenvalue weighted by Gasteiger charge is 2.39. The average Bonchev–Trinajstić information content (AvgIpc) is 3.03. The van der Waals surface area contributed by atoms with Crippen LogP contribution in [0.2, 0.25) is 0 Å². The van der Waals surface area contributed by atoms with E-state index in [1.165, 1.54) is 25.7 Å². The van der Waals surface area contributed by atoms with Gasteiger partial charge in [0.15, 0.2) is 0 Å². The van der Waals surface area contributed by atoms with Gasteiger partial charge in [0.05, 0.1) is 18.3 Å². The van der Waals surface area contributed by atoms with E-state index in [2.05, 4.69) is 15.7 Å². The molecule has 7 nitrogen and oxygen atoms in total. The summed E-state index contributed by atoms with van der Waals surface area (Å²) in [5.74, 6) is 0.479. The fourth-order valence-corrected chi connectivity index (χ4v) is 4.00. The highest BCUT2D eigenvalue weighted by molar-refractivity contribution is 5.79. The normalized spacial score (nSPS) is 24.1. The van der Waals surface area contributed by atoms with Crippen molar-refractivity contribution in [3.63, 3.8) is 0 Å². The monoisotopic (exact) mass is 345 g/mol. The van der Waals surface area contributed by atoms with Crippen molar-refractivity contribution in [3.8, 4) is 0 Å². The van der Waals surface area contributed by atoms with Crippen LogP contribution in [-0.2, 0) is 11.3 Å². The first-order valence-electron chi connectivity index (χ1n) is 9.54. The predicted molar refractivity (Wildman–Crippen MR) is 92.8 cm³/mol. The Morgan fingerprint density at radius 2 is 1.96 bits per heavy atom. The Hall–Kier alpha value is -2.05. The molecule has 2 heterocycles. The number of rotatable bonds is 6. The SMILES string of the molecule is O=C(NCc1ccn(C2CCCC2)n1)NC[C@@H]1CC(=O)N(C2CC2)C1. The minimum Gasteiger partial charge on any atom is -0.339 e. The van der Waals surface area contributed by atoms with E-state index >= 15 is 0 Å². The van der Waals surface area contributed by atoms with E-state index in [9.17, 15) is 9.59 Å². The van der Waals surface area contributed by atoms with Gasteiger partial charge in [-0.3, -0.25) is 9.48 Å². The molecule has 25 heavy (non-hydrogen) atoms. The molecule has 7 heteroatoms. The molecule has 1 aliphatic heterocycles. The molecule has 2 saturated carbocycles. The van der Waals surface area contributed by atoms with Crippen molar-refractivity contribution >= 4 is 11.9 Å². The number of carbonyl (C=O) groups is 2. The molecular weight excluding hydrogens is 318 g/mol. The van der Waals surface area contributed by atoms with E-state index in [-0.39, 0.29) is 17.9 Å². The van der Waals surface area contributed by atoms with Gasteiger partial charge in [-0.05, 0) is 31.7 Å². The van der Waals surface area contributed by atoms with Gasteiger partial charge in [-0.15, -0.1) is 0 Å². The average molecular weight is 345 g/mol. The highest BCUT2D eigenvalue weighted by atomic mass is 16.2. The third kappa shape index (κ3) is 3.96. The smallest absolute Gasteiger partial charge is 0.315 e. The first kappa shape index (κ1) is 16.4. The highest BCUT2D eigenvalue weighted by Crippen LogP contribution is 2.32. The summed E-state index contributed by atoms with van der Waals surface area (Å²) < 4.78 is 2.04. The van der Waals surface area contributed by atoms with Gasteiger partial charge in [-0.25, -0.2) is 4.79 Å². The molecule has 4 rings (SSSR count). The molecule has 136 valence electrons. The van der Waals surface area contributed by atoms with Crippen LogP contribution >= 0.6 is 0 Å². The summed E-state index contributed by atoms with van der Waals surface area (Å²) in [6.45, 7) is 1.77. The van der Waals surface area contributed by atoms with Crippen molar-refractivity contribution in [1.29, 1.82) is 0 Å². The molecule has 2 aliphatic carbocycles. The summed E-state index contributed by atoms with van der Waals surface area (Å²) in [5.41, 5.74) is 0.887. The zero-order valence-corrected chi connectivity index (χ0v) is 14.6. The van der Waals surface area contributed by atoms with E-state index in [1.807, 2.05) is 21.8 Å². The Morgan fingerprint density at radius 3 is 2.72 bits per heavy atom. The Morgan fingerprint density at radius 1 is 1.16 bits per heavy atom. The maximum Gasteiger partial charge on any atom is 0.315 e. The molecule has 2 N–H and O–H groups in total. The lowest BCUT2D eigenvalue weighted by Gasteiger charge is -2.15.